The van der Waals surface area contributed by atoms with Crippen molar-refractivity contribution >= 4 is 27.7 Å². The molecule has 1 saturated heterocycles. The van der Waals surface area contributed by atoms with Crippen molar-refractivity contribution in [2.45, 2.75) is 38.9 Å². The minimum Gasteiger partial charge on any atom is -0.301 e. The predicted octanol–water partition coefficient (Wildman–Crippen LogP) is 2.21. The highest BCUT2D eigenvalue weighted by Gasteiger charge is 2.39. The van der Waals surface area contributed by atoms with E-state index in [1.165, 1.54) is 17.0 Å². The number of halogens is 2. The third-order valence-electron chi connectivity index (χ3n) is 3.25. The highest BCUT2D eigenvalue weighted by atomic mass is 79.9. The first-order chi connectivity index (χ1) is 9.40. The van der Waals surface area contributed by atoms with E-state index in [2.05, 4.69) is 21.2 Å². The summed E-state index contributed by atoms with van der Waals surface area (Å²) in [4.78, 5) is 25.1. The predicted molar refractivity (Wildman–Crippen MR) is 76.3 cm³/mol. The van der Waals surface area contributed by atoms with E-state index in [0.29, 0.717) is 12.1 Å². The maximum Gasteiger partial charge on any atom is 0.247 e. The molecular formula is C14H16BrFN2O2. The van der Waals surface area contributed by atoms with Crippen LogP contribution in [-0.2, 0) is 16.1 Å². The van der Waals surface area contributed by atoms with Gasteiger partial charge in [0.25, 0.3) is 0 Å². The zero-order chi connectivity index (χ0) is 14.9. The van der Waals surface area contributed by atoms with E-state index >= 15 is 0 Å². The Bertz CT molecular complexity index is 548. The number of likely N-dealkylation sites (tertiary alicyclic amines) is 1. The van der Waals surface area contributed by atoms with Gasteiger partial charge in [-0.25, -0.2) is 4.39 Å². The van der Waals surface area contributed by atoms with Crippen LogP contribution in [-0.4, -0.2) is 28.8 Å². The molecule has 1 unspecified atom stereocenters. The zero-order valence-electron chi connectivity index (χ0n) is 11.3. The number of carbonyl (C=O) groups is 2. The molecule has 0 aromatic heterocycles. The van der Waals surface area contributed by atoms with E-state index in [1.54, 1.807) is 19.9 Å². The van der Waals surface area contributed by atoms with Gasteiger partial charge >= 0.3 is 0 Å². The first kappa shape index (κ1) is 15.1. The number of hydrogen-bond donors (Lipinski definition) is 1. The summed E-state index contributed by atoms with van der Waals surface area (Å²) in [6.07, 6.45) is 0.157. The van der Waals surface area contributed by atoms with Gasteiger partial charge in [-0.15, -0.1) is 0 Å². The normalized spacial score (nSPS) is 19.2. The molecule has 0 bridgehead atoms. The largest absolute Gasteiger partial charge is 0.301 e. The van der Waals surface area contributed by atoms with Gasteiger partial charge in [-0.05, 0) is 37.6 Å². The first-order valence-corrected chi connectivity index (χ1v) is 7.22. The molecule has 1 N–H and O–H groups in total. The van der Waals surface area contributed by atoms with Crippen molar-refractivity contribution in [2.24, 2.45) is 0 Å². The third-order valence-corrected chi connectivity index (χ3v) is 4.02. The van der Waals surface area contributed by atoms with Gasteiger partial charge in [-0.1, -0.05) is 15.9 Å². The second-order valence-electron chi connectivity index (χ2n) is 5.07. The van der Waals surface area contributed by atoms with E-state index in [4.69, 9.17) is 0 Å². The van der Waals surface area contributed by atoms with Crippen LogP contribution in [0.25, 0.3) is 0 Å². The summed E-state index contributed by atoms with van der Waals surface area (Å²) in [6, 6.07) is 3.72. The fraction of sp³-hybridized carbons (Fsp3) is 0.429. The second kappa shape index (κ2) is 6.01. The lowest BCUT2D eigenvalue weighted by molar-refractivity contribution is -0.140. The lowest BCUT2D eigenvalue weighted by Crippen LogP contribution is -2.41. The number of hydrogen-bond acceptors (Lipinski definition) is 3. The van der Waals surface area contributed by atoms with Crippen molar-refractivity contribution in [3.8, 4) is 0 Å². The Morgan fingerprint density at radius 3 is 2.75 bits per heavy atom. The van der Waals surface area contributed by atoms with E-state index in [9.17, 15) is 14.0 Å². The Kier molecular flexibility index (Phi) is 4.55. The molecule has 6 heteroatoms. The molecule has 1 atom stereocenters. The zero-order valence-corrected chi connectivity index (χ0v) is 12.9. The van der Waals surface area contributed by atoms with E-state index in [-0.39, 0.29) is 30.1 Å². The summed E-state index contributed by atoms with van der Waals surface area (Å²) in [5.74, 6) is -0.707. The quantitative estimate of drug-likeness (QED) is 0.853. The maximum absolute atomic E-state index is 13.2. The molecule has 1 heterocycles. The summed E-state index contributed by atoms with van der Waals surface area (Å²) < 4.78 is 13.9. The number of imide groups is 1. The van der Waals surface area contributed by atoms with Gasteiger partial charge in [0.15, 0.2) is 0 Å². The monoisotopic (exact) mass is 342 g/mol. The summed E-state index contributed by atoms with van der Waals surface area (Å²) in [5.41, 5.74) is 0.716. The summed E-state index contributed by atoms with van der Waals surface area (Å²) in [6.45, 7) is 3.94. The first-order valence-electron chi connectivity index (χ1n) is 6.43. The fourth-order valence-electron chi connectivity index (χ4n) is 2.26. The lowest BCUT2D eigenvalue weighted by Gasteiger charge is -2.19. The lowest BCUT2D eigenvalue weighted by atomic mass is 10.2. The van der Waals surface area contributed by atoms with Gasteiger partial charge < -0.3 is 5.32 Å². The van der Waals surface area contributed by atoms with Crippen LogP contribution in [0.2, 0.25) is 0 Å². The van der Waals surface area contributed by atoms with Gasteiger partial charge in [-0.2, -0.15) is 0 Å². The van der Waals surface area contributed by atoms with Crippen LogP contribution in [0.5, 0.6) is 0 Å². The molecule has 108 valence electrons. The molecule has 1 fully saturated rings. The van der Waals surface area contributed by atoms with Crippen LogP contribution < -0.4 is 5.32 Å². The molecule has 20 heavy (non-hydrogen) atoms. The van der Waals surface area contributed by atoms with E-state index < -0.39 is 6.04 Å². The standard InChI is InChI=1S/C14H16BrFN2O2/c1-8(2)18-13(19)6-12(14(18)20)17-7-9-5-10(16)3-4-11(9)15/h3-5,8,12,17H,6-7H2,1-2H3. The van der Waals surface area contributed by atoms with Gasteiger partial charge in [-0.3, -0.25) is 14.5 Å². The minimum absolute atomic E-state index is 0.136. The van der Waals surface area contributed by atoms with E-state index in [1.807, 2.05) is 0 Å². The Morgan fingerprint density at radius 2 is 2.15 bits per heavy atom. The highest BCUT2D eigenvalue weighted by Crippen LogP contribution is 2.20. The molecule has 0 saturated carbocycles. The van der Waals surface area contributed by atoms with Crippen LogP contribution in [0.4, 0.5) is 4.39 Å². The number of amides is 2. The van der Waals surface area contributed by atoms with Gasteiger partial charge in [0, 0.05) is 17.1 Å². The summed E-state index contributed by atoms with van der Waals surface area (Å²) in [5, 5.41) is 3.02. The van der Waals surface area contributed by atoms with Crippen molar-refractivity contribution < 1.29 is 14.0 Å². The molecule has 2 rings (SSSR count). The Hall–Kier alpha value is -1.27. The molecule has 0 radical (unpaired) electrons. The SMILES string of the molecule is CC(C)N1C(=O)CC(NCc2cc(F)ccc2Br)C1=O. The Balaban J connectivity index is 2.03. The van der Waals surface area contributed by atoms with E-state index in [0.717, 1.165) is 4.47 Å². The van der Waals surface area contributed by atoms with Crippen molar-refractivity contribution in [2.75, 3.05) is 0 Å². The molecule has 1 aromatic carbocycles. The average Bonchev–Trinajstić information content (AvgIpc) is 2.65. The smallest absolute Gasteiger partial charge is 0.247 e. The molecule has 2 amide bonds. The number of nitrogens with one attached hydrogen (secondary N) is 1. The molecule has 0 spiro atoms. The molecule has 0 aliphatic carbocycles. The van der Waals surface area contributed by atoms with Crippen LogP contribution >= 0.6 is 15.9 Å². The van der Waals surface area contributed by atoms with Crippen LogP contribution in [0, 0.1) is 5.82 Å². The van der Waals surface area contributed by atoms with Gasteiger partial charge in [0.1, 0.15) is 5.82 Å². The van der Waals surface area contributed by atoms with Crippen molar-refractivity contribution in [3.63, 3.8) is 0 Å². The molecule has 4 nitrogen and oxygen atoms in total. The Morgan fingerprint density at radius 1 is 1.45 bits per heavy atom. The van der Waals surface area contributed by atoms with Crippen molar-refractivity contribution in [1.29, 1.82) is 0 Å². The third kappa shape index (κ3) is 3.07. The summed E-state index contributed by atoms with van der Waals surface area (Å²) >= 11 is 3.33. The second-order valence-corrected chi connectivity index (χ2v) is 5.92. The van der Waals surface area contributed by atoms with Gasteiger partial charge in [0.2, 0.25) is 11.8 Å². The number of nitrogens with zero attached hydrogens (tertiary/aromatic N) is 1. The molecular weight excluding hydrogens is 327 g/mol. The van der Waals surface area contributed by atoms with Crippen LogP contribution in [0.1, 0.15) is 25.8 Å². The molecule has 1 aliphatic rings. The number of benzene rings is 1. The van der Waals surface area contributed by atoms with Gasteiger partial charge in [0.05, 0.1) is 12.5 Å². The van der Waals surface area contributed by atoms with Crippen LogP contribution in [0.15, 0.2) is 22.7 Å². The highest BCUT2D eigenvalue weighted by molar-refractivity contribution is 9.10. The fourth-order valence-corrected chi connectivity index (χ4v) is 2.65. The molecule has 1 aromatic rings. The van der Waals surface area contributed by atoms with Crippen LogP contribution in [0.3, 0.4) is 0 Å². The number of rotatable bonds is 4. The Labute approximate surface area is 125 Å². The van der Waals surface area contributed by atoms with Crippen molar-refractivity contribution in [1.82, 2.24) is 10.2 Å². The topological polar surface area (TPSA) is 49.4 Å². The number of carbonyl (C=O) groups excluding carboxylic acids is 2. The maximum atomic E-state index is 13.2. The van der Waals surface area contributed by atoms with Crippen molar-refractivity contribution in [3.05, 3.63) is 34.1 Å². The summed E-state index contributed by atoms with van der Waals surface area (Å²) in [7, 11) is 0. The average molecular weight is 343 g/mol. The minimum atomic E-state index is -0.528. The molecule has 1 aliphatic heterocycles.